The molecule has 26 heavy (non-hydrogen) atoms. The highest BCUT2D eigenvalue weighted by atomic mass is 16.5. The van der Waals surface area contributed by atoms with Crippen LogP contribution in [0.15, 0.2) is 30.3 Å². The van der Waals surface area contributed by atoms with Gasteiger partial charge in [-0.25, -0.2) is 4.98 Å². The summed E-state index contributed by atoms with van der Waals surface area (Å²) >= 11 is 0. The van der Waals surface area contributed by atoms with E-state index in [4.69, 9.17) is 14.5 Å². The Morgan fingerprint density at radius 1 is 1.27 bits per heavy atom. The van der Waals surface area contributed by atoms with Crippen LogP contribution in [0.2, 0.25) is 0 Å². The molecular formula is C20H26N4O2. The molecular weight excluding hydrogens is 328 g/mol. The van der Waals surface area contributed by atoms with E-state index in [9.17, 15) is 0 Å². The maximum Gasteiger partial charge on any atom is 0.153 e. The summed E-state index contributed by atoms with van der Waals surface area (Å²) in [5.41, 5.74) is 1.09. The van der Waals surface area contributed by atoms with Gasteiger partial charge in [-0.1, -0.05) is 30.4 Å². The van der Waals surface area contributed by atoms with Gasteiger partial charge >= 0.3 is 0 Å². The van der Waals surface area contributed by atoms with E-state index in [1.807, 2.05) is 18.2 Å². The summed E-state index contributed by atoms with van der Waals surface area (Å²) in [6, 6.07) is 8.27. The van der Waals surface area contributed by atoms with Crippen molar-refractivity contribution in [3.63, 3.8) is 0 Å². The Hall–Kier alpha value is -2.18. The average Bonchev–Trinajstić information content (AvgIpc) is 3.26. The van der Waals surface area contributed by atoms with Crippen molar-refractivity contribution in [3.8, 4) is 5.75 Å². The Morgan fingerprint density at radius 2 is 2.12 bits per heavy atom. The van der Waals surface area contributed by atoms with Crippen LogP contribution in [0, 0.1) is 0 Å². The first-order valence-electron chi connectivity index (χ1n) is 9.27. The van der Waals surface area contributed by atoms with Crippen LogP contribution in [0.1, 0.15) is 48.4 Å². The summed E-state index contributed by atoms with van der Waals surface area (Å²) in [6.45, 7) is 1.74. The first-order chi connectivity index (χ1) is 12.8. The van der Waals surface area contributed by atoms with Gasteiger partial charge in [0.25, 0.3) is 0 Å². The number of ether oxygens (including phenoxy) is 2. The lowest BCUT2D eigenvalue weighted by atomic mass is 10.1. The fraction of sp³-hybridized carbons (Fsp3) is 0.500. The van der Waals surface area contributed by atoms with Crippen LogP contribution >= 0.6 is 0 Å². The number of aromatic nitrogens is 3. The first kappa shape index (κ1) is 17.2. The summed E-state index contributed by atoms with van der Waals surface area (Å²) in [5.74, 6) is 3.40. The van der Waals surface area contributed by atoms with E-state index in [1.165, 1.54) is 12.8 Å². The number of likely N-dealkylation sites (tertiary alicyclic amines) is 1. The number of para-hydroxylation sites is 1. The Morgan fingerprint density at radius 3 is 2.88 bits per heavy atom. The summed E-state index contributed by atoms with van der Waals surface area (Å²) in [5, 5.41) is 7.59. The van der Waals surface area contributed by atoms with Crippen molar-refractivity contribution in [2.45, 2.75) is 37.3 Å². The highest BCUT2D eigenvalue weighted by molar-refractivity contribution is 5.57. The van der Waals surface area contributed by atoms with Crippen LogP contribution in [0.4, 0.5) is 0 Å². The van der Waals surface area contributed by atoms with Gasteiger partial charge in [-0.05, 0) is 25.3 Å². The predicted octanol–water partition coefficient (Wildman–Crippen LogP) is 3.17. The number of nitrogens with zero attached hydrogens (tertiary/aromatic N) is 3. The van der Waals surface area contributed by atoms with Gasteiger partial charge in [-0.15, -0.1) is 0 Å². The van der Waals surface area contributed by atoms with Crippen molar-refractivity contribution in [1.82, 2.24) is 20.1 Å². The summed E-state index contributed by atoms with van der Waals surface area (Å²) in [7, 11) is 3.49. The Balaban J connectivity index is 1.46. The van der Waals surface area contributed by atoms with Gasteiger partial charge in [0.05, 0.1) is 19.3 Å². The molecule has 138 valence electrons. The number of aromatic amines is 1. The monoisotopic (exact) mass is 354 g/mol. The molecule has 1 aliphatic heterocycles. The highest BCUT2D eigenvalue weighted by Crippen LogP contribution is 2.39. The SMILES string of the molecule is COc1ccccc1/C=C/CN1C[C@H](OC)C[C@H]1c1nc(C2CC2)n[nH]1. The fourth-order valence-corrected chi connectivity index (χ4v) is 3.60. The zero-order valence-electron chi connectivity index (χ0n) is 15.4. The molecule has 0 bridgehead atoms. The molecule has 2 aromatic rings. The van der Waals surface area contributed by atoms with Crippen molar-refractivity contribution >= 4 is 6.08 Å². The van der Waals surface area contributed by atoms with E-state index in [2.05, 4.69) is 33.3 Å². The van der Waals surface area contributed by atoms with Gasteiger partial charge in [0.2, 0.25) is 0 Å². The predicted molar refractivity (Wildman–Crippen MR) is 100 cm³/mol. The number of hydrogen-bond acceptors (Lipinski definition) is 5. The van der Waals surface area contributed by atoms with Crippen LogP contribution in [0.25, 0.3) is 6.08 Å². The number of hydrogen-bond donors (Lipinski definition) is 1. The van der Waals surface area contributed by atoms with Crippen LogP contribution in [0.3, 0.4) is 0 Å². The topological polar surface area (TPSA) is 63.3 Å². The summed E-state index contributed by atoms with van der Waals surface area (Å²) in [4.78, 5) is 7.16. The van der Waals surface area contributed by atoms with Crippen LogP contribution in [-0.2, 0) is 4.74 Å². The number of benzene rings is 1. The van der Waals surface area contributed by atoms with Crippen molar-refractivity contribution < 1.29 is 9.47 Å². The Labute approximate surface area is 154 Å². The maximum absolute atomic E-state index is 5.61. The van der Waals surface area contributed by atoms with Gasteiger partial charge in [0.1, 0.15) is 11.6 Å². The molecule has 1 aromatic heterocycles. The molecule has 0 spiro atoms. The quantitative estimate of drug-likeness (QED) is 0.827. The molecule has 6 nitrogen and oxygen atoms in total. The first-order valence-corrected chi connectivity index (χ1v) is 9.27. The molecule has 2 atom stereocenters. The van der Waals surface area contributed by atoms with E-state index < -0.39 is 0 Å². The Kier molecular flexibility index (Phi) is 5.04. The molecule has 0 amide bonds. The molecule has 1 N–H and O–H groups in total. The smallest absolute Gasteiger partial charge is 0.153 e. The van der Waals surface area contributed by atoms with Gasteiger partial charge in [-0.2, -0.15) is 5.10 Å². The van der Waals surface area contributed by atoms with Crippen molar-refractivity contribution in [2.75, 3.05) is 27.3 Å². The van der Waals surface area contributed by atoms with Crippen molar-refractivity contribution in [3.05, 3.63) is 47.6 Å². The lowest BCUT2D eigenvalue weighted by molar-refractivity contribution is 0.109. The second-order valence-electron chi connectivity index (χ2n) is 7.06. The highest BCUT2D eigenvalue weighted by Gasteiger charge is 2.36. The lowest BCUT2D eigenvalue weighted by Crippen LogP contribution is -2.26. The van der Waals surface area contributed by atoms with Crippen LogP contribution < -0.4 is 4.74 Å². The molecule has 1 aromatic carbocycles. The van der Waals surface area contributed by atoms with Gasteiger partial charge in [0.15, 0.2) is 5.82 Å². The molecule has 2 heterocycles. The van der Waals surface area contributed by atoms with Gasteiger partial charge in [-0.3, -0.25) is 10.00 Å². The second-order valence-corrected chi connectivity index (χ2v) is 7.06. The fourth-order valence-electron chi connectivity index (χ4n) is 3.60. The standard InChI is InChI=1S/C20H26N4O2/c1-25-16-12-17(20-21-19(22-23-20)15-9-10-15)24(13-16)11-5-7-14-6-3-4-8-18(14)26-2/h3-8,15-17H,9-13H2,1-2H3,(H,21,22,23)/b7-5+/t16-,17+/m1/s1. The average molecular weight is 354 g/mol. The third kappa shape index (κ3) is 3.66. The minimum atomic E-state index is 0.224. The molecule has 0 radical (unpaired) electrons. The second kappa shape index (κ2) is 7.60. The normalized spacial score (nSPS) is 23.8. The van der Waals surface area contributed by atoms with Crippen LogP contribution in [-0.4, -0.2) is 53.5 Å². The third-order valence-electron chi connectivity index (χ3n) is 5.25. The van der Waals surface area contributed by atoms with E-state index in [-0.39, 0.29) is 12.1 Å². The van der Waals surface area contributed by atoms with Gasteiger partial charge < -0.3 is 9.47 Å². The van der Waals surface area contributed by atoms with Crippen molar-refractivity contribution in [1.29, 1.82) is 0 Å². The molecule has 6 heteroatoms. The van der Waals surface area contributed by atoms with E-state index in [0.29, 0.717) is 5.92 Å². The number of rotatable bonds is 7. The van der Waals surface area contributed by atoms with Crippen LogP contribution in [0.5, 0.6) is 5.75 Å². The van der Waals surface area contributed by atoms with E-state index in [0.717, 1.165) is 42.5 Å². The van der Waals surface area contributed by atoms with E-state index in [1.54, 1.807) is 14.2 Å². The molecule has 1 saturated carbocycles. The molecule has 1 saturated heterocycles. The zero-order chi connectivity index (χ0) is 17.9. The molecule has 2 fully saturated rings. The molecule has 0 unspecified atom stereocenters. The molecule has 4 rings (SSSR count). The Bertz CT molecular complexity index is 769. The summed E-state index contributed by atoms with van der Waals surface area (Å²) in [6.07, 6.45) is 7.90. The number of H-pyrrole nitrogens is 1. The summed E-state index contributed by atoms with van der Waals surface area (Å²) < 4.78 is 11.0. The molecule has 1 aliphatic carbocycles. The van der Waals surface area contributed by atoms with Gasteiger partial charge in [0, 0.05) is 31.7 Å². The number of methoxy groups -OCH3 is 2. The zero-order valence-corrected chi connectivity index (χ0v) is 15.4. The van der Waals surface area contributed by atoms with E-state index >= 15 is 0 Å². The number of nitrogens with one attached hydrogen (secondary N) is 1. The van der Waals surface area contributed by atoms with Crippen molar-refractivity contribution in [2.24, 2.45) is 0 Å². The maximum atomic E-state index is 5.61. The molecule has 2 aliphatic rings. The third-order valence-corrected chi connectivity index (χ3v) is 5.25. The minimum absolute atomic E-state index is 0.224. The minimum Gasteiger partial charge on any atom is -0.496 e. The largest absolute Gasteiger partial charge is 0.496 e. The lowest BCUT2D eigenvalue weighted by Gasteiger charge is -2.20.